The first-order valence-corrected chi connectivity index (χ1v) is 29.4. The molecule has 398 valence electrons. The lowest BCUT2D eigenvalue weighted by molar-refractivity contribution is -0.167. The minimum atomic E-state index is -0.804. The largest absolute Gasteiger partial charge is 0.462 e. The number of rotatable bonds is 53. The lowest BCUT2D eigenvalue weighted by atomic mass is 10.0. The summed E-state index contributed by atoms with van der Waals surface area (Å²) < 4.78 is 16.8. The molecule has 0 aliphatic heterocycles. The predicted molar refractivity (Wildman–Crippen MR) is 298 cm³/mol. The first-order chi connectivity index (χ1) is 34.0. The molecule has 0 aliphatic carbocycles. The summed E-state index contributed by atoms with van der Waals surface area (Å²) in [7, 11) is 0. The van der Waals surface area contributed by atoms with E-state index in [1.165, 1.54) is 167 Å². The van der Waals surface area contributed by atoms with Gasteiger partial charge in [-0.2, -0.15) is 0 Å². The van der Waals surface area contributed by atoms with Crippen molar-refractivity contribution in [2.45, 2.75) is 297 Å². The van der Waals surface area contributed by atoms with Crippen LogP contribution >= 0.6 is 0 Å². The van der Waals surface area contributed by atoms with E-state index in [-0.39, 0.29) is 37.5 Å². The average Bonchev–Trinajstić information content (AvgIpc) is 3.35. The summed E-state index contributed by atoms with van der Waals surface area (Å²) in [5.41, 5.74) is 0. The second-order valence-electron chi connectivity index (χ2n) is 19.5. The van der Waals surface area contributed by atoms with Crippen molar-refractivity contribution in [3.63, 3.8) is 0 Å². The molecular weight excluding hydrogens is 853 g/mol. The van der Waals surface area contributed by atoms with Crippen LogP contribution < -0.4 is 0 Å². The maximum atomic E-state index is 12.8. The molecule has 0 bridgehead atoms. The third-order valence-corrected chi connectivity index (χ3v) is 12.7. The molecule has 6 nitrogen and oxygen atoms in total. The van der Waals surface area contributed by atoms with Crippen LogP contribution in [0.15, 0.2) is 72.9 Å². The molecule has 1 atom stereocenters. The van der Waals surface area contributed by atoms with Crippen LogP contribution in [0, 0.1) is 0 Å². The highest BCUT2D eigenvalue weighted by molar-refractivity contribution is 5.71. The predicted octanol–water partition coefficient (Wildman–Crippen LogP) is 19.8. The van der Waals surface area contributed by atoms with Crippen molar-refractivity contribution in [3.05, 3.63) is 72.9 Å². The second-order valence-corrected chi connectivity index (χ2v) is 19.5. The molecule has 0 radical (unpaired) electrons. The summed E-state index contributed by atoms with van der Waals surface area (Å²) in [5, 5.41) is 0. The average molecular weight is 964 g/mol. The highest BCUT2D eigenvalue weighted by Gasteiger charge is 2.19. The fourth-order valence-corrected chi connectivity index (χ4v) is 8.30. The van der Waals surface area contributed by atoms with Gasteiger partial charge in [-0.15, -0.1) is 0 Å². The Balaban J connectivity index is 4.40. The summed E-state index contributed by atoms with van der Waals surface area (Å²) in [5.74, 6) is -0.947. The van der Waals surface area contributed by atoms with E-state index in [9.17, 15) is 14.4 Å². The van der Waals surface area contributed by atoms with Crippen LogP contribution in [-0.4, -0.2) is 37.2 Å². The van der Waals surface area contributed by atoms with Crippen LogP contribution in [0.1, 0.15) is 290 Å². The molecular formula is C63H110O6. The van der Waals surface area contributed by atoms with Crippen molar-refractivity contribution in [2.75, 3.05) is 13.2 Å². The van der Waals surface area contributed by atoms with Gasteiger partial charge in [0.2, 0.25) is 0 Å². The van der Waals surface area contributed by atoms with Crippen LogP contribution in [0.25, 0.3) is 0 Å². The normalized spacial score (nSPS) is 12.6. The number of unbranched alkanes of at least 4 members (excludes halogenated alkanes) is 30. The Morgan fingerprint density at radius 2 is 0.580 bits per heavy atom. The van der Waals surface area contributed by atoms with Gasteiger partial charge in [-0.25, -0.2) is 0 Å². The fraction of sp³-hybridized carbons (Fsp3) is 0.762. The van der Waals surface area contributed by atoms with E-state index in [0.29, 0.717) is 19.3 Å². The molecule has 0 fully saturated rings. The number of esters is 3. The summed E-state index contributed by atoms with van der Waals surface area (Å²) in [6.45, 7) is 6.50. The zero-order valence-electron chi connectivity index (χ0n) is 45.6. The molecule has 0 amide bonds. The van der Waals surface area contributed by atoms with Crippen molar-refractivity contribution >= 4 is 17.9 Å². The van der Waals surface area contributed by atoms with Gasteiger partial charge in [0.05, 0.1) is 0 Å². The summed E-state index contributed by atoms with van der Waals surface area (Å²) >= 11 is 0. The SMILES string of the molecule is CC/C=C\C/C=C\C/C=C\C/C=C\C/C=C\CCCC(=O)OC(COC(=O)CCCCCCCCCCC/C=C\CCCCCCCCCC)COC(=O)CCCCCCCCCCCCCCC. The number of carbonyl (C=O) groups is 3. The molecule has 0 aromatic rings. The van der Waals surface area contributed by atoms with Gasteiger partial charge in [0.25, 0.3) is 0 Å². The second kappa shape index (κ2) is 57.4. The van der Waals surface area contributed by atoms with E-state index in [2.05, 4.69) is 93.7 Å². The molecule has 0 aromatic carbocycles. The van der Waals surface area contributed by atoms with E-state index < -0.39 is 6.10 Å². The maximum Gasteiger partial charge on any atom is 0.306 e. The Morgan fingerprint density at radius 1 is 0.304 bits per heavy atom. The fourth-order valence-electron chi connectivity index (χ4n) is 8.30. The molecule has 0 heterocycles. The van der Waals surface area contributed by atoms with E-state index in [0.717, 1.165) is 77.0 Å². The van der Waals surface area contributed by atoms with Crippen LogP contribution in [0.2, 0.25) is 0 Å². The van der Waals surface area contributed by atoms with Crippen molar-refractivity contribution in [1.29, 1.82) is 0 Å². The smallest absolute Gasteiger partial charge is 0.306 e. The zero-order valence-corrected chi connectivity index (χ0v) is 45.6. The molecule has 69 heavy (non-hydrogen) atoms. The Hall–Kier alpha value is -3.15. The van der Waals surface area contributed by atoms with Crippen LogP contribution in [0.3, 0.4) is 0 Å². The number of allylic oxidation sites excluding steroid dienone is 12. The minimum Gasteiger partial charge on any atom is -0.462 e. The molecule has 0 spiro atoms. The topological polar surface area (TPSA) is 78.9 Å². The van der Waals surface area contributed by atoms with E-state index in [1.807, 2.05) is 0 Å². The highest BCUT2D eigenvalue weighted by atomic mass is 16.6. The molecule has 6 heteroatoms. The molecule has 0 aliphatic rings. The first kappa shape index (κ1) is 65.8. The lowest BCUT2D eigenvalue weighted by Crippen LogP contribution is -2.30. The summed E-state index contributed by atoms with van der Waals surface area (Å²) in [6, 6.07) is 0. The number of ether oxygens (including phenoxy) is 3. The highest BCUT2D eigenvalue weighted by Crippen LogP contribution is 2.16. The van der Waals surface area contributed by atoms with Gasteiger partial charge in [-0.05, 0) is 83.5 Å². The van der Waals surface area contributed by atoms with Crippen LogP contribution in [0.5, 0.6) is 0 Å². The molecule has 0 rings (SSSR count). The van der Waals surface area contributed by atoms with Gasteiger partial charge in [0.1, 0.15) is 13.2 Å². The van der Waals surface area contributed by atoms with Crippen molar-refractivity contribution in [2.24, 2.45) is 0 Å². The first-order valence-electron chi connectivity index (χ1n) is 29.4. The molecule has 0 aromatic heterocycles. The van der Waals surface area contributed by atoms with E-state index in [4.69, 9.17) is 14.2 Å². The van der Waals surface area contributed by atoms with Crippen molar-refractivity contribution in [3.8, 4) is 0 Å². The van der Waals surface area contributed by atoms with Gasteiger partial charge < -0.3 is 14.2 Å². The minimum absolute atomic E-state index is 0.0961. The molecule has 1 unspecified atom stereocenters. The van der Waals surface area contributed by atoms with Crippen molar-refractivity contribution in [1.82, 2.24) is 0 Å². The Labute approximate surface area is 427 Å². The van der Waals surface area contributed by atoms with Gasteiger partial charge in [0.15, 0.2) is 6.10 Å². The van der Waals surface area contributed by atoms with Gasteiger partial charge in [0, 0.05) is 19.3 Å². The standard InChI is InChI=1S/C63H110O6/c1-4-7-10-13-16-19-22-25-27-29-30-31-32-34-35-38-41-44-47-50-53-56-62(65)68-59-60(58-67-61(64)55-52-49-46-43-40-37-24-21-18-15-12-9-6-3)69-63(66)57-54-51-48-45-42-39-36-33-28-26-23-20-17-14-11-8-5-2/h8,11,17,20,26,28-30,36,39,45,48,60H,4-7,9-10,12-16,18-19,21-25,27,31-35,37-38,40-44,46-47,49-59H2,1-3H3/b11-8-,20-17-,28-26-,30-29-,39-36-,48-45-. The summed E-state index contributed by atoms with van der Waals surface area (Å²) in [6.07, 6.45) is 73.3. The Kier molecular flexibility index (Phi) is 54.8. The third kappa shape index (κ3) is 55.6. The third-order valence-electron chi connectivity index (χ3n) is 12.7. The molecule has 0 N–H and O–H groups in total. The van der Waals surface area contributed by atoms with Crippen LogP contribution in [-0.2, 0) is 28.6 Å². The maximum absolute atomic E-state index is 12.8. The molecule has 0 saturated heterocycles. The Morgan fingerprint density at radius 3 is 0.942 bits per heavy atom. The Bertz CT molecular complexity index is 1290. The number of hydrogen-bond acceptors (Lipinski definition) is 6. The quantitative estimate of drug-likeness (QED) is 0.0262. The zero-order chi connectivity index (χ0) is 50.0. The van der Waals surface area contributed by atoms with E-state index >= 15 is 0 Å². The number of carbonyl (C=O) groups excluding carboxylic acids is 3. The lowest BCUT2D eigenvalue weighted by Gasteiger charge is -2.18. The number of hydrogen-bond donors (Lipinski definition) is 0. The monoisotopic (exact) mass is 963 g/mol. The molecule has 0 saturated carbocycles. The van der Waals surface area contributed by atoms with Gasteiger partial charge in [-0.1, -0.05) is 261 Å². The van der Waals surface area contributed by atoms with Crippen LogP contribution in [0.4, 0.5) is 0 Å². The van der Waals surface area contributed by atoms with E-state index in [1.54, 1.807) is 0 Å². The van der Waals surface area contributed by atoms with Gasteiger partial charge in [-0.3, -0.25) is 14.4 Å². The van der Waals surface area contributed by atoms with Gasteiger partial charge >= 0.3 is 17.9 Å². The van der Waals surface area contributed by atoms with Crippen molar-refractivity contribution < 1.29 is 28.6 Å². The summed E-state index contributed by atoms with van der Waals surface area (Å²) in [4.78, 5) is 38.1.